The van der Waals surface area contributed by atoms with Crippen LogP contribution in [-0.4, -0.2) is 46.3 Å². The molecule has 3 heterocycles. The van der Waals surface area contributed by atoms with E-state index in [-0.39, 0.29) is 5.69 Å². The molecule has 2 aromatic heterocycles. The molecular formula is C17H18ClN5O3. The molecule has 26 heavy (non-hydrogen) atoms. The van der Waals surface area contributed by atoms with Crippen molar-refractivity contribution in [2.75, 3.05) is 23.3 Å². The first kappa shape index (κ1) is 18.1. The Morgan fingerprint density at radius 2 is 1.96 bits per heavy atom. The van der Waals surface area contributed by atoms with Gasteiger partial charge in [0.25, 0.3) is 5.91 Å². The minimum absolute atomic E-state index is 0.0530. The molecule has 0 spiro atoms. The fraction of sp³-hybridized carbons (Fsp3) is 0.353. The van der Waals surface area contributed by atoms with Gasteiger partial charge < -0.3 is 15.0 Å². The maximum atomic E-state index is 12.1. The summed E-state index contributed by atoms with van der Waals surface area (Å²) in [5.41, 5.74) is 0.0530. The third-order valence-electron chi connectivity index (χ3n) is 3.92. The second-order valence-corrected chi connectivity index (χ2v) is 6.31. The average Bonchev–Trinajstić information content (AvgIpc) is 3.18. The molecule has 1 N–H and O–H groups in total. The number of nitrogens with one attached hydrogen (secondary N) is 1. The number of carbonyl (C=O) groups is 2. The first-order valence-electron chi connectivity index (χ1n) is 8.25. The Morgan fingerprint density at radius 3 is 2.58 bits per heavy atom. The topological polar surface area (TPSA) is 97.3 Å². The summed E-state index contributed by atoms with van der Waals surface area (Å²) in [6.07, 6.45) is 2.65. The molecule has 0 aliphatic carbocycles. The molecule has 1 amide bonds. The summed E-state index contributed by atoms with van der Waals surface area (Å²) in [5, 5.41) is 11.0. The molecule has 8 nitrogen and oxygen atoms in total. The monoisotopic (exact) mass is 375 g/mol. The van der Waals surface area contributed by atoms with Crippen LogP contribution in [0.2, 0.25) is 5.02 Å². The minimum Gasteiger partial charge on any atom is -0.448 e. The van der Waals surface area contributed by atoms with Gasteiger partial charge in [-0.15, -0.1) is 10.2 Å². The van der Waals surface area contributed by atoms with E-state index in [1.165, 1.54) is 13.1 Å². The van der Waals surface area contributed by atoms with Crippen LogP contribution >= 0.6 is 11.6 Å². The number of ether oxygens (including phenoxy) is 1. The fourth-order valence-corrected chi connectivity index (χ4v) is 2.61. The first-order chi connectivity index (χ1) is 12.5. The molecule has 0 bridgehead atoms. The van der Waals surface area contributed by atoms with Gasteiger partial charge in [0.05, 0.1) is 5.02 Å². The van der Waals surface area contributed by atoms with Crippen molar-refractivity contribution in [3.05, 3.63) is 41.2 Å². The van der Waals surface area contributed by atoms with Crippen LogP contribution in [0.1, 0.15) is 30.3 Å². The van der Waals surface area contributed by atoms with Crippen LogP contribution < -0.4 is 10.2 Å². The van der Waals surface area contributed by atoms with Gasteiger partial charge in [-0.25, -0.2) is 9.78 Å². The lowest BCUT2D eigenvalue weighted by molar-refractivity contribution is -0.123. The predicted molar refractivity (Wildman–Crippen MR) is 96.2 cm³/mol. The molecule has 0 radical (unpaired) electrons. The van der Waals surface area contributed by atoms with Crippen LogP contribution in [0.25, 0.3) is 0 Å². The number of pyridine rings is 1. The second-order valence-electron chi connectivity index (χ2n) is 5.87. The van der Waals surface area contributed by atoms with Crippen molar-refractivity contribution in [1.82, 2.24) is 15.2 Å². The first-order valence-corrected chi connectivity index (χ1v) is 8.63. The summed E-state index contributed by atoms with van der Waals surface area (Å²) in [7, 11) is 0. The molecule has 1 unspecified atom stereocenters. The lowest BCUT2D eigenvalue weighted by Gasteiger charge is -2.15. The molecule has 1 saturated heterocycles. The van der Waals surface area contributed by atoms with Crippen LogP contribution in [0.4, 0.5) is 11.6 Å². The summed E-state index contributed by atoms with van der Waals surface area (Å²) >= 11 is 5.74. The highest BCUT2D eigenvalue weighted by molar-refractivity contribution is 6.30. The van der Waals surface area contributed by atoms with Gasteiger partial charge in [-0.1, -0.05) is 11.6 Å². The van der Waals surface area contributed by atoms with E-state index < -0.39 is 18.0 Å². The fourth-order valence-electron chi connectivity index (χ4n) is 2.50. The van der Waals surface area contributed by atoms with E-state index in [1.807, 2.05) is 0 Å². The largest absolute Gasteiger partial charge is 0.448 e. The van der Waals surface area contributed by atoms with Crippen LogP contribution in [0.3, 0.4) is 0 Å². The van der Waals surface area contributed by atoms with Gasteiger partial charge in [0, 0.05) is 19.3 Å². The third kappa shape index (κ3) is 4.45. The lowest BCUT2D eigenvalue weighted by Crippen LogP contribution is -2.30. The zero-order chi connectivity index (χ0) is 18.5. The van der Waals surface area contributed by atoms with E-state index in [1.54, 1.807) is 24.3 Å². The average molecular weight is 376 g/mol. The quantitative estimate of drug-likeness (QED) is 0.801. The highest BCUT2D eigenvalue weighted by Crippen LogP contribution is 2.17. The van der Waals surface area contributed by atoms with Gasteiger partial charge in [0.1, 0.15) is 5.82 Å². The molecule has 9 heteroatoms. The molecule has 0 saturated carbocycles. The number of anilines is 2. The maximum Gasteiger partial charge on any atom is 0.359 e. The maximum absolute atomic E-state index is 12.1. The normalized spacial score (nSPS) is 14.8. The summed E-state index contributed by atoms with van der Waals surface area (Å²) < 4.78 is 5.14. The highest BCUT2D eigenvalue weighted by atomic mass is 35.5. The Morgan fingerprint density at radius 1 is 1.19 bits per heavy atom. The Hall–Kier alpha value is -2.74. The van der Waals surface area contributed by atoms with E-state index in [2.05, 4.69) is 25.4 Å². The number of aromatic nitrogens is 3. The van der Waals surface area contributed by atoms with Crippen molar-refractivity contribution in [2.24, 2.45) is 0 Å². The van der Waals surface area contributed by atoms with Crippen molar-refractivity contribution < 1.29 is 14.3 Å². The Kier molecular flexibility index (Phi) is 5.62. The Balaban J connectivity index is 1.56. The van der Waals surface area contributed by atoms with Gasteiger partial charge in [0.15, 0.2) is 17.6 Å². The Bertz CT molecular complexity index is 776. The summed E-state index contributed by atoms with van der Waals surface area (Å²) in [4.78, 5) is 30.3. The SMILES string of the molecule is CC(OC(=O)c1ccc(N2CCCC2)nn1)C(=O)Nc1ccc(Cl)cn1. The van der Waals surface area contributed by atoms with Gasteiger partial charge in [0.2, 0.25) is 0 Å². The van der Waals surface area contributed by atoms with Crippen molar-refractivity contribution in [2.45, 2.75) is 25.9 Å². The molecule has 1 aliphatic heterocycles. The molecule has 1 atom stereocenters. The number of hydrogen-bond donors (Lipinski definition) is 1. The second kappa shape index (κ2) is 8.09. The number of esters is 1. The van der Waals surface area contributed by atoms with E-state index >= 15 is 0 Å². The predicted octanol–water partition coefficient (Wildman–Crippen LogP) is 2.31. The van der Waals surface area contributed by atoms with Crippen LogP contribution in [-0.2, 0) is 9.53 Å². The number of halogens is 1. The number of carbonyl (C=O) groups excluding carboxylic acids is 2. The van der Waals surface area contributed by atoms with E-state index in [4.69, 9.17) is 16.3 Å². The number of amides is 1. The molecule has 1 aliphatic rings. The van der Waals surface area contributed by atoms with Crippen molar-refractivity contribution in [3.8, 4) is 0 Å². The molecule has 0 aromatic carbocycles. The van der Waals surface area contributed by atoms with Crippen LogP contribution in [0.15, 0.2) is 30.5 Å². The third-order valence-corrected chi connectivity index (χ3v) is 4.14. The smallest absolute Gasteiger partial charge is 0.359 e. The van der Waals surface area contributed by atoms with Gasteiger partial charge in [-0.3, -0.25) is 4.79 Å². The van der Waals surface area contributed by atoms with E-state index in [0.29, 0.717) is 10.8 Å². The summed E-state index contributed by atoms with van der Waals surface area (Å²) in [5.74, 6) is -0.164. The minimum atomic E-state index is -1.01. The number of hydrogen-bond acceptors (Lipinski definition) is 7. The molecule has 136 valence electrons. The summed E-state index contributed by atoms with van der Waals surface area (Å²) in [6, 6.07) is 6.43. The number of nitrogens with zero attached hydrogens (tertiary/aromatic N) is 4. The molecule has 3 rings (SSSR count). The van der Waals surface area contributed by atoms with Crippen LogP contribution in [0, 0.1) is 0 Å². The highest BCUT2D eigenvalue weighted by Gasteiger charge is 2.21. The van der Waals surface area contributed by atoms with E-state index in [0.717, 1.165) is 31.7 Å². The number of rotatable bonds is 5. The van der Waals surface area contributed by atoms with E-state index in [9.17, 15) is 9.59 Å². The van der Waals surface area contributed by atoms with Gasteiger partial charge in [-0.2, -0.15) is 0 Å². The van der Waals surface area contributed by atoms with Gasteiger partial charge >= 0.3 is 5.97 Å². The van der Waals surface area contributed by atoms with Crippen molar-refractivity contribution in [1.29, 1.82) is 0 Å². The molecule has 1 fully saturated rings. The standard InChI is InChI=1S/C17H18ClN5O3/c1-11(16(24)20-14-6-4-12(18)10-19-14)26-17(25)13-5-7-15(22-21-13)23-8-2-3-9-23/h4-7,10-11H,2-3,8-9H2,1H3,(H,19,20,24). The summed E-state index contributed by atoms with van der Waals surface area (Å²) in [6.45, 7) is 3.35. The Labute approximate surface area is 155 Å². The van der Waals surface area contributed by atoms with Gasteiger partial charge in [-0.05, 0) is 44.0 Å². The molecular weight excluding hydrogens is 358 g/mol. The van der Waals surface area contributed by atoms with Crippen LogP contribution in [0.5, 0.6) is 0 Å². The zero-order valence-electron chi connectivity index (χ0n) is 14.2. The lowest BCUT2D eigenvalue weighted by atomic mass is 10.3. The van der Waals surface area contributed by atoms with Crippen molar-refractivity contribution >= 4 is 35.1 Å². The zero-order valence-corrected chi connectivity index (χ0v) is 14.9. The van der Waals surface area contributed by atoms with Crippen molar-refractivity contribution in [3.63, 3.8) is 0 Å². The molecule has 2 aromatic rings.